The highest BCUT2D eigenvalue weighted by atomic mass is 79.9. The lowest BCUT2D eigenvalue weighted by atomic mass is 10.5. The molecule has 0 aromatic carbocycles. The second kappa shape index (κ2) is 2.54. The van der Waals surface area contributed by atoms with Gasteiger partial charge >= 0.3 is 0 Å². The van der Waals surface area contributed by atoms with E-state index in [1.807, 2.05) is 0 Å². The first-order chi connectivity index (χ1) is 4.20. The highest BCUT2D eigenvalue weighted by Gasteiger charge is 1.94. The molecule has 4 heteroatoms. The van der Waals surface area contributed by atoms with Crippen LogP contribution in [0.2, 0.25) is 5.02 Å². The first-order valence-electron chi connectivity index (χ1n) is 2.27. The van der Waals surface area contributed by atoms with Gasteiger partial charge in [0.05, 0.1) is 5.02 Å². The predicted octanol–water partition coefficient (Wildman–Crippen LogP) is 2.08. The number of pyridine rings is 1. The maximum Gasteiger partial charge on any atom is 0.143 e. The molecular weight excluding hydrogens is 203 g/mol. The molecule has 0 atom stereocenters. The number of hydrogen-bond acceptors (Lipinski definition) is 2. The topological polar surface area (TPSA) is 38.9 Å². The van der Waals surface area contributed by atoms with Crippen molar-refractivity contribution in [3.05, 3.63) is 21.8 Å². The minimum Gasteiger partial charge on any atom is -0.382 e. The molecule has 0 bridgehead atoms. The van der Waals surface area contributed by atoms with Crippen LogP contribution < -0.4 is 5.73 Å². The Hall–Kier alpha value is -0.280. The van der Waals surface area contributed by atoms with Gasteiger partial charge in [-0.15, -0.1) is 0 Å². The first-order valence-corrected chi connectivity index (χ1v) is 3.45. The predicted molar refractivity (Wildman–Crippen MR) is 41.4 cm³/mol. The Labute approximate surface area is 66.2 Å². The van der Waals surface area contributed by atoms with Crippen molar-refractivity contribution in [2.24, 2.45) is 0 Å². The van der Waals surface area contributed by atoms with E-state index in [1.54, 1.807) is 12.1 Å². The fourth-order valence-electron chi connectivity index (χ4n) is 0.433. The van der Waals surface area contributed by atoms with E-state index in [1.165, 1.54) is 0 Å². The van der Waals surface area contributed by atoms with Crippen molar-refractivity contribution in [3.8, 4) is 0 Å². The second-order valence-corrected chi connectivity index (χ2v) is 2.72. The number of rotatable bonds is 0. The van der Waals surface area contributed by atoms with Crippen LogP contribution in [0.3, 0.4) is 0 Å². The molecule has 1 heterocycles. The van der Waals surface area contributed by atoms with Crippen LogP contribution in [0.4, 0.5) is 5.82 Å². The molecule has 1 rings (SSSR count). The molecule has 2 N–H and O–H groups in total. The number of nitrogens with zero attached hydrogens (tertiary/aromatic N) is 1. The maximum atomic E-state index is 5.57. The van der Waals surface area contributed by atoms with Crippen molar-refractivity contribution in [1.29, 1.82) is 0 Å². The molecule has 0 radical (unpaired) electrons. The zero-order valence-electron chi connectivity index (χ0n) is 4.44. The summed E-state index contributed by atoms with van der Waals surface area (Å²) in [6, 6.07) is 3.42. The number of nitrogen functional groups attached to an aromatic ring is 1. The van der Waals surface area contributed by atoms with E-state index in [0.717, 1.165) is 0 Å². The van der Waals surface area contributed by atoms with Gasteiger partial charge in [0.2, 0.25) is 0 Å². The number of halogens is 2. The molecular formula is C5H4BrClN2. The zero-order valence-corrected chi connectivity index (χ0v) is 6.78. The Balaban J connectivity index is 3.17. The summed E-state index contributed by atoms with van der Waals surface area (Å²) in [5.41, 5.74) is 5.35. The quantitative estimate of drug-likeness (QED) is 0.662. The van der Waals surface area contributed by atoms with E-state index in [-0.39, 0.29) is 0 Å². The van der Waals surface area contributed by atoms with Crippen LogP contribution in [-0.4, -0.2) is 4.98 Å². The van der Waals surface area contributed by atoms with Crippen LogP contribution in [0.1, 0.15) is 0 Å². The van der Waals surface area contributed by atoms with Gasteiger partial charge in [0.25, 0.3) is 0 Å². The van der Waals surface area contributed by atoms with E-state index in [2.05, 4.69) is 20.9 Å². The molecule has 48 valence electrons. The third kappa shape index (κ3) is 1.56. The number of aromatic nitrogens is 1. The minimum absolute atomic E-state index is 0.353. The van der Waals surface area contributed by atoms with Gasteiger partial charge in [-0.05, 0) is 28.1 Å². The molecule has 0 unspecified atom stereocenters. The summed E-state index contributed by atoms with van der Waals surface area (Å²) in [7, 11) is 0. The highest BCUT2D eigenvalue weighted by Crippen LogP contribution is 2.17. The summed E-state index contributed by atoms with van der Waals surface area (Å²) in [6.07, 6.45) is 0. The van der Waals surface area contributed by atoms with Crippen LogP contribution in [0.25, 0.3) is 0 Å². The first kappa shape index (κ1) is 6.83. The van der Waals surface area contributed by atoms with Gasteiger partial charge in [0, 0.05) is 0 Å². The Kier molecular flexibility index (Phi) is 1.93. The summed E-state index contributed by atoms with van der Waals surface area (Å²) in [5.74, 6) is 0.353. The van der Waals surface area contributed by atoms with Crippen molar-refractivity contribution in [3.63, 3.8) is 0 Å². The van der Waals surface area contributed by atoms with E-state index in [0.29, 0.717) is 15.4 Å². The van der Waals surface area contributed by atoms with Gasteiger partial charge in [-0.3, -0.25) is 0 Å². The molecule has 1 aromatic heterocycles. The molecule has 0 aliphatic heterocycles. The van der Waals surface area contributed by atoms with E-state index in [4.69, 9.17) is 17.3 Å². The van der Waals surface area contributed by atoms with Gasteiger partial charge in [0.15, 0.2) is 0 Å². The second-order valence-electron chi connectivity index (χ2n) is 1.50. The van der Waals surface area contributed by atoms with Crippen molar-refractivity contribution >= 4 is 33.3 Å². The number of anilines is 1. The summed E-state index contributed by atoms with van der Waals surface area (Å²) >= 11 is 8.72. The van der Waals surface area contributed by atoms with Crippen molar-refractivity contribution < 1.29 is 0 Å². The normalized spacial score (nSPS) is 9.56. The Morgan fingerprint density at radius 3 is 2.67 bits per heavy atom. The van der Waals surface area contributed by atoms with Crippen molar-refractivity contribution in [1.82, 2.24) is 4.98 Å². The van der Waals surface area contributed by atoms with Crippen LogP contribution in [-0.2, 0) is 0 Å². The molecule has 0 aliphatic carbocycles. The molecule has 0 spiro atoms. The third-order valence-corrected chi connectivity index (χ3v) is 1.60. The van der Waals surface area contributed by atoms with E-state index < -0.39 is 0 Å². The summed E-state index contributed by atoms with van der Waals surface area (Å²) < 4.78 is 0.699. The minimum atomic E-state index is 0.353. The largest absolute Gasteiger partial charge is 0.382 e. The summed E-state index contributed by atoms with van der Waals surface area (Å²) in [6.45, 7) is 0. The average Bonchev–Trinajstić information content (AvgIpc) is 1.80. The fraction of sp³-hybridized carbons (Fsp3) is 0. The van der Waals surface area contributed by atoms with Gasteiger partial charge < -0.3 is 5.73 Å². The lowest BCUT2D eigenvalue weighted by Crippen LogP contribution is -1.89. The smallest absolute Gasteiger partial charge is 0.143 e. The maximum absolute atomic E-state index is 5.57. The zero-order chi connectivity index (χ0) is 6.85. The molecule has 1 aromatic rings. The van der Waals surface area contributed by atoms with Gasteiger partial charge in [-0.2, -0.15) is 0 Å². The molecule has 0 amide bonds. The molecule has 9 heavy (non-hydrogen) atoms. The Morgan fingerprint density at radius 2 is 2.22 bits per heavy atom. The lowest BCUT2D eigenvalue weighted by molar-refractivity contribution is 1.29. The molecule has 0 fully saturated rings. The Bertz CT molecular complexity index is 226. The average molecular weight is 207 g/mol. The summed E-state index contributed by atoms with van der Waals surface area (Å²) in [5, 5.41) is 0.484. The standard InChI is InChI=1S/C5H4BrClN2/c6-4-2-1-3(7)5(8)9-4/h1-2H,(H2,8,9). The van der Waals surface area contributed by atoms with Crippen LogP contribution >= 0.6 is 27.5 Å². The van der Waals surface area contributed by atoms with Gasteiger partial charge in [-0.25, -0.2) is 4.98 Å². The monoisotopic (exact) mass is 206 g/mol. The fourth-order valence-corrected chi connectivity index (χ4v) is 0.862. The van der Waals surface area contributed by atoms with Crippen LogP contribution in [0.15, 0.2) is 16.7 Å². The molecule has 0 saturated carbocycles. The SMILES string of the molecule is Nc1nc(Br)ccc1Cl. The summed E-state index contributed by atoms with van der Waals surface area (Å²) in [4.78, 5) is 3.84. The Morgan fingerprint density at radius 1 is 1.56 bits per heavy atom. The van der Waals surface area contributed by atoms with Crippen molar-refractivity contribution in [2.45, 2.75) is 0 Å². The molecule has 0 aliphatic rings. The third-order valence-electron chi connectivity index (χ3n) is 0.839. The highest BCUT2D eigenvalue weighted by molar-refractivity contribution is 9.10. The van der Waals surface area contributed by atoms with Gasteiger partial charge in [-0.1, -0.05) is 11.6 Å². The number of nitrogens with two attached hydrogens (primary N) is 1. The van der Waals surface area contributed by atoms with Crippen molar-refractivity contribution in [2.75, 3.05) is 5.73 Å². The molecule has 2 nitrogen and oxygen atoms in total. The number of hydrogen-bond donors (Lipinski definition) is 1. The van der Waals surface area contributed by atoms with Gasteiger partial charge in [0.1, 0.15) is 10.4 Å². The molecule has 0 saturated heterocycles. The van der Waals surface area contributed by atoms with Crippen LogP contribution in [0.5, 0.6) is 0 Å². The van der Waals surface area contributed by atoms with E-state index in [9.17, 15) is 0 Å². The lowest BCUT2D eigenvalue weighted by Gasteiger charge is -1.94. The van der Waals surface area contributed by atoms with Crippen LogP contribution in [0, 0.1) is 0 Å². The van der Waals surface area contributed by atoms with E-state index >= 15 is 0 Å².